The van der Waals surface area contributed by atoms with Crippen LogP contribution in [0.3, 0.4) is 0 Å². The highest BCUT2D eigenvalue weighted by Gasteiger charge is 2.20. The summed E-state index contributed by atoms with van der Waals surface area (Å²) in [4.78, 5) is 2.37. The van der Waals surface area contributed by atoms with Crippen molar-refractivity contribution in [2.45, 2.75) is 6.92 Å². The van der Waals surface area contributed by atoms with Crippen LogP contribution in [0.2, 0.25) is 0 Å². The van der Waals surface area contributed by atoms with Crippen LogP contribution >= 0.6 is 0 Å². The smallest absolute Gasteiger partial charge is 0.0196 e. The second-order valence-corrected chi connectivity index (χ2v) is 4.23. The summed E-state index contributed by atoms with van der Waals surface area (Å²) in [5.74, 6) is 0.709. The van der Waals surface area contributed by atoms with Crippen molar-refractivity contribution in [1.82, 2.24) is 4.90 Å². The highest BCUT2D eigenvalue weighted by atomic mass is 15.1. The fourth-order valence-electron chi connectivity index (χ4n) is 2.07. The van der Waals surface area contributed by atoms with Gasteiger partial charge >= 0.3 is 0 Å². The van der Waals surface area contributed by atoms with Crippen molar-refractivity contribution in [2.75, 3.05) is 20.1 Å². The van der Waals surface area contributed by atoms with Crippen LogP contribution in [0.1, 0.15) is 12.5 Å². The fraction of sp³-hybridized carbons (Fsp3) is 0.385. The summed E-state index contributed by atoms with van der Waals surface area (Å²) in [5, 5.41) is 0. The van der Waals surface area contributed by atoms with Gasteiger partial charge < -0.3 is 4.90 Å². The van der Waals surface area contributed by atoms with Gasteiger partial charge in [0.15, 0.2) is 0 Å². The Bertz CT molecular complexity index is 326. The number of hydrogen-bond donors (Lipinski definition) is 0. The first-order valence-corrected chi connectivity index (χ1v) is 5.20. The van der Waals surface area contributed by atoms with Gasteiger partial charge in [-0.15, -0.1) is 0 Å². The molecule has 1 aromatic rings. The van der Waals surface area contributed by atoms with E-state index in [4.69, 9.17) is 0 Å². The van der Waals surface area contributed by atoms with E-state index in [-0.39, 0.29) is 0 Å². The van der Waals surface area contributed by atoms with Crippen LogP contribution in [0.15, 0.2) is 35.9 Å². The van der Waals surface area contributed by atoms with Gasteiger partial charge in [-0.1, -0.05) is 48.9 Å². The van der Waals surface area contributed by atoms with Crippen LogP contribution in [-0.4, -0.2) is 25.0 Å². The molecular weight excluding hydrogens is 170 g/mol. The van der Waals surface area contributed by atoms with Crippen LogP contribution in [0.4, 0.5) is 0 Å². The Kier molecular flexibility index (Phi) is 2.69. The van der Waals surface area contributed by atoms with Crippen molar-refractivity contribution in [1.29, 1.82) is 0 Å². The molecular formula is C13H17N. The quantitative estimate of drug-likeness (QED) is 0.653. The minimum absolute atomic E-state index is 0.709. The molecule has 1 heteroatoms. The fourth-order valence-corrected chi connectivity index (χ4v) is 2.07. The standard InChI is InChI=1S/C13H17N/c1-11-9-14(2)10-13(11)8-12-6-4-3-5-7-12/h3-8,11H,9-10H2,1-2H3/b13-8+. The van der Waals surface area contributed by atoms with Gasteiger partial charge in [-0.25, -0.2) is 0 Å². The Morgan fingerprint density at radius 1 is 1.29 bits per heavy atom. The van der Waals surface area contributed by atoms with Crippen molar-refractivity contribution in [3.63, 3.8) is 0 Å². The van der Waals surface area contributed by atoms with Gasteiger partial charge in [0.1, 0.15) is 0 Å². The van der Waals surface area contributed by atoms with E-state index in [2.05, 4.69) is 55.3 Å². The lowest BCUT2D eigenvalue weighted by molar-refractivity contribution is 0.403. The van der Waals surface area contributed by atoms with Crippen molar-refractivity contribution < 1.29 is 0 Å². The lowest BCUT2D eigenvalue weighted by Crippen LogP contribution is -2.12. The first-order valence-electron chi connectivity index (χ1n) is 5.20. The molecule has 2 rings (SSSR count). The molecule has 1 nitrogen and oxygen atoms in total. The van der Waals surface area contributed by atoms with E-state index in [0.717, 1.165) is 6.54 Å². The molecule has 1 aliphatic heterocycles. The Labute approximate surface area is 86.1 Å². The summed E-state index contributed by atoms with van der Waals surface area (Å²) < 4.78 is 0. The van der Waals surface area contributed by atoms with E-state index in [0.29, 0.717) is 5.92 Å². The van der Waals surface area contributed by atoms with E-state index in [9.17, 15) is 0 Å². The highest BCUT2D eigenvalue weighted by Crippen LogP contribution is 2.22. The molecule has 1 heterocycles. The molecule has 0 bridgehead atoms. The van der Waals surface area contributed by atoms with Gasteiger partial charge in [0, 0.05) is 13.1 Å². The minimum Gasteiger partial charge on any atom is -0.302 e. The summed E-state index contributed by atoms with van der Waals surface area (Å²) in [6, 6.07) is 10.6. The molecule has 74 valence electrons. The number of rotatable bonds is 1. The molecule has 1 saturated heterocycles. The van der Waals surface area contributed by atoms with Crippen LogP contribution in [0, 0.1) is 5.92 Å². The van der Waals surface area contributed by atoms with Gasteiger partial charge in [-0.05, 0) is 18.5 Å². The SMILES string of the molecule is CC1CN(C)C/C1=C\c1ccccc1. The minimum atomic E-state index is 0.709. The average Bonchev–Trinajstić information content (AvgIpc) is 2.47. The first-order chi connectivity index (χ1) is 6.75. The van der Waals surface area contributed by atoms with Crippen molar-refractivity contribution in [3.05, 3.63) is 41.5 Å². The van der Waals surface area contributed by atoms with Crippen LogP contribution in [0.25, 0.3) is 6.08 Å². The van der Waals surface area contributed by atoms with E-state index in [1.165, 1.54) is 12.1 Å². The van der Waals surface area contributed by atoms with Gasteiger partial charge in [0.2, 0.25) is 0 Å². The summed E-state index contributed by atoms with van der Waals surface area (Å²) in [7, 11) is 2.18. The molecule has 0 radical (unpaired) electrons. The topological polar surface area (TPSA) is 3.24 Å². The van der Waals surface area contributed by atoms with Crippen molar-refractivity contribution in [3.8, 4) is 0 Å². The third-order valence-electron chi connectivity index (χ3n) is 2.82. The molecule has 14 heavy (non-hydrogen) atoms. The van der Waals surface area contributed by atoms with Gasteiger partial charge in [0.25, 0.3) is 0 Å². The van der Waals surface area contributed by atoms with Gasteiger partial charge in [0.05, 0.1) is 0 Å². The Balaban J connectivity index is 2.19. The molecule has 0 spiro atoms. The normalized spacial score (nSPS) is 25.9. The number of benzene rings is 1. The number of likely N-dealkylation sites (tertiary alicyclic amines) is 1. The largest absolute Gasteiger partial charge is 0.302 e. The maximum absolute atomic E-state index is 2.37. The zero-order valence-electron chi connectivity index (χ0n) is 8.90. The molecule has 0 amide bonds. The van der Waals surface area contributed by atoms with E-state index < -0.39 is 0 Å². The second kappa shape index (κ2) is 3.97. The summed E-state index contributed by atoms with van der Waals surface area (Å²) in [5.41, 5.74) is 2.88. The molecule has 0 aromatic heterocycles. The van der Waals surface area contributed by atoms with Crippen LogP contribution in [-0.2, 0) is 0 Å². The summed E-state index contributed by atoms with van der Waals surface area (Å²) >= 11 is 0. The zero-order valence-corrected chi connectivity index (χ0v) is 8.90. The van der Waals surface area contributed by atoms with Crippen LogP contribution < -0.4 is 0 Å². The number of hydrogen-bond acceptors (Lipinski definition) is 1. The molecule has 1 aromatic carbocycles. The maximum Gasteiger partial charge on any atom is 0.0196 e. The Hall–Kier alpha value is -1.08. The maximum atomic E-state index is 2.37. The molecule has 1 atom stereocenters. The second-order valence-electron chi connectivity index (χ2n) is 4.23. The van der Waals surface area contributed by atoms with E-state index in [1.807, 2.05) is 0 Å². The van der Waals surface area contributed by atoms with E-state index in [1.54, 1.807) is 5.57 Å². The highest BCUT2D eigenvalue weighted by molar-refractivity contribution is 5.54. The van der Waals surface area contributed by atoms with Crippen molar-refractivity contribution in [2.24, 2.45) is 5.92 Å². The molecule has 1 unspecified atom stereocenters. The van der Waals surface area contributed by atoms with E-state index >= 15 is 0 Å². The lowest BCUT2D eigenvalue weighted by Gasteiger charge is -2.02. The number of nitrogens with zero attached hydrogens (tertiary/aromatic N) is 1. The number of likely N-dealkylation sites (N-methyl/N-ethyl adjacent to an activating group) is 1. The molecule has 1 aliphatic rings. The van der Waals surface area contributed by atoms with Crippen molar-refractivity contribution >= 4 is 6.08 Å². The summed E-state index contributed by atoms with van der Waals surface area (Å²) in [6.45, 7) is 4.62. The predicted molar refractivity (Wildman–Crippen MR) is 61.1 cm³/mol. The summed E-state index contributed by atoms with van der Waals surface area (Å²) in [6.07, 6.45) is 2.33. The zero-order chi connectivity index (χ0) is 9.97. The molecule has 0 aliphatic carbocycles. The molecule has 1 fully saturated rings. The monoisotopic (exact) mass is 187 g/mol. The van der Waals surface area contributed by atoms with Gasteiger partial charge in [-0.3, -0.25) is 0 Å². The molecule has 0 saturated carbocycles. The lowest BCUT2D eigenvalue weighted by atomic mass is 10.0. The third kappa shape index (κ3) is 2.05. The third-order valence-corrected chi connectivity index (χ3v) is 2.82. The Morgan fingerprint density at radius 3 is 2.57 bits per heavy atom. The average molecular weight is 187 g/mol. The Morgan fingerprint density at radius 2 is 2.00 bits per heavy atom. The first kappa shape index (κ1) is 9.47. The molecule has 0 N–H and O–H groups in total. The predicted octanol–water partition coefficient (Wildman–Crippen LogP) is 2.65. The van der Waals surface area contributed by atoms with Gasteiger partial charge in [-0.2, -0.15) is 0 Å². The van der Waals surface area contributed by atoms with Crippen LogP contribution in [0.5, 0.6) is 0 Å².